The van der Waals surface area contributed by atoms with Crippen molar-refractivity contribution >= 4 is 6.03 Å². The number of carbonyl (C=O) groups excluding carboxylic acids is 1. The third kappa shape index (κ3) is 2.83. The van der Waals surface area contributed by atoms with Crippen LogP contribution in [0.2, 0.25) is 0 Å². The highest BCUT2D eigenvalue weighted by molar-refractivity contribution is 5.80. The molecule has 0 radical (unpaired) electrons. The van der Waals surface area contributed by atoms with Crippen LogP contribution in [0.5, 0.6) is 0 Å². The summed E-state index contributed by atoms with van der Waals surface area (Å²) < 4.78 is 5.50. The first-order valence-corrected chi connectivity index (χ1v) is 6.61. The molecule has 0 aromatic carbocycles. The summed E-state index contributed by atoms with van der Waals surface area (Å²) in [5, 5.41) is 3.63. The van der Waals surface area contributed by atoms with E-state index in [-0.39, 0.29) is 17.9 Å². The fourth-order valence-corrected chi connectivity index (χ4v) is 2.15. The number of aromatic nitrogens is 4. The molecule has 2 aromatic heterocycles. The van der Waals surface area contributed by atoms with Gasteiger partial charge in [0.1, 0.15) is 5.69 Å². The van der Waals surface area contributed by atoms with Gasteiger partial charge >= 0.3 is 11.8 Å². The van der Waals surface area contributed by atoms with E-state index >= 15 is 0 Å². The van der Waals surface area contributed by atoms with E-state index in [1.807, 2.05) is 27.7 Å². The highest BCUT2D eigenvalue weighted by atomic mass is 16.5. The molecule has 0 fully saturated rings. The Morgan fingerprint density at radius 3 is 2.43 bits per heavy atom. The summed E-state index contributed by atoms with van der Waals surface area (Å²) >= 11 is 0. The first kappa shape index (κ1) is 14.9. The molecule has 2 heterocycles. The van der Waals surface area contributed by atoms with Crippen LogP contribution in [0.25, 0.3) is 11.5 Å². The quantitative estimate of drug-likeness (QED) is 0.848. The maximum Gasteiger partial charge on any atom is 0.450 e. The summed E-state index contributed by atoms with van der Waals surface area (Å²) in [4.78, 5) is 34.0. The normalized spacial score (nSPS) is 11.1. The molecular formula is C13H17N5O3. The van der Waals surface area contributed by atoms with Crippen molar-refractivity contribution in [2.75, 3.05) is 0 Å². The van der Waals surface area contributed by atoms with Crippen LogP contribution in [-0.2, 0) is 0 Å². The van der Waals surface area contributed by atoms with Crippen LogP contribution < -0.4 is 5.76 Å². The summed E-state index contributed by atoms with van der Waals surface area (Å²) in [5.41, 5.74) is 0.296. The highest BCUT2D eigenvalue weighted by Gasteiger charge is 2.28. The topological polar surface area (TPSA) is 94.1 Å². The lowest BCUT2D eigenvalue weighted by molar-refractivity contribution is 0.165. The summed E-state index contributed by atoms with van der Waals surface area (Å²) in [5.74, 6) is -0.795. The van der Waals surface area contributed by atoms with E-state index in [9.17, 15) is 9.59 Å². The van der Waals surface area contributed by atoms with Gasteiger partial charge in [-0.3, -0.25) is 9.51 Å². The van der Waals surface area contributed by atoms with Gasteiger partial charge < -0.3 is 4.90 Å². The standard InChI is InChI=1S/C13H17N5O3/c1-8(2)17(9(3)4)12(19)18-11(16-21-13(18)20)10-7-14-5-6-15-10/h5-9H,1-4H3. The summed E-state index contributed by atoms with van der Waals surface area (Å²) in [7, 11) is 0. The average molecular weight is 291 g/mol. The molecular weight excluding hydrogens is 274 g/mol. The summed E-state index contributed by atoms with van der Waals surface area (Å²) in [6, 6.07) is -0.644. The second kappa shape index (κ2) is 5.86. The minimum atomic E-state index is -0.841. The predicted octanol–water partition coefficient (Wildman–Crippen LogP) is 1.38. The largest absolute Gasteiger partial charge is 0.450 e. The maximum absolute atomic E-state index is 12.6. The minimum absolute atomic E-state index is 0.0457. The van der Waals surface area contributed by atoms with Gasteiger partial charge in [-0.25, -0.2) is 14.6 Å². The monoisotopic (exact) mass is 291 g/mol. The third-order valence-electron chi connectivity index (χ3n) is 2.92. The van der Waals surface area contributed by atoms with Crippen molar-refractivity contribution in [3.63, 3.8) is 0 Å². The second-order valence-electron chi connectivity index (χ2n) is 5.08. The van der Waals surface area contributed by atoms with Crippen LogP contribution in [-0.4, -0.2) is 42.7 Å². The number of nitrogens with zero attached hydrogens (tertiary/aromatic N) is 5. The van der Waals surface area contributed by atoms with Gasteiger partial charge in [-0.1, -0.05) is 5.16 Å². The molecule has 0 atom stereocenters. The molecule has 8 nitrogen and oxygen atoms in total. The summed E-state index contributed by atoms with van der Waals surface area (Å²) in [6.45, 7) is 7.49. The lowest BCUT2D eigenvalue weighted by Gasteiger charge is -2.30. The van der Waals surface area contributed by atoms with Gasteiger partial charge in [0.2, 0.25) is 5.82 Å². The molecule has 0 spiro atoms. The van der Waals surface area contributed by atoms with Crippen LogP contribution >= 0.6 is 0 Å². The fourth-order valence-electron chi connectivity index (χ4n) is 2.15. The van der Waals surface area contributed by atoms with E-state index in [1.54, 1.807) is 4.90 Å². The molecule has 21 heavy (non-hydrogen) atoms. The van der Waals surface area contributed by atoms with Crippen molar-refractivity contribution in [1.29, 1.82) is 0 Å². The lowest BCUT2D eigenvalue weighted by Crippen LogP contribution is -2.46. The van der Waals surface area contributed by atoms with Crippen molar-refractivity contribution < 1.29 is 9.32 Å². The third-order valence-corrected chi connectivity index (χ3v) is 2.92. The fraction of sp³-hybridized carbons (Fsp3) is 0.462. The second-order valence-corrected chi connectivity index (χ2v) is 5.08. The van der Waals surface area contributed by atoms with E-state index in [1.165, 1.54) is 18.6 Å². The molecule has 2 rings (SSSR count). The first-order chi connectivity index (χ1) is 9.93. The zero-order chi connectivity index (χ0) is 15.6. The highest BCUT2D eigenvalue weighted by Crippen LogP contribution is 2.14. The van der Waals surface area contributed by atoms with Gasteiger partial charge in [0, 0.05) is 24.5 Å². The van der Waals surface area contributed by atoms with Crippen LogP contribution in [0.4, 0.5) is 4.79 Å². The van der Waals surface area contributed by atoms with Gasteiger partial charge in [-0.05, 0) is 27.7 Å². The van der Waals surface area contributed by atoms with Gasteiger partial charge in [0.15, 0.2) is 0 Å². The molecule has 112 valence electrons. The number of carbonyl (C=O) groups is 1. The molecule has 0 saturated heterocycles. The Kier molecular flexibility index (Phi) is 4.15. The Morgan fingerprint density at radius 1 is 1.24 bits per heavy atom. The van der Waals surface area contributed by atoms with Crippen LogP contribution in [0.15, 0.2) is 27.9 Å². The van der Waals surface area contributed by atoms with Crippen LogP contribution in [0.1, 0.15) is 27.7 Å². The van der Waals surface area contributed by atoms with Gasteiger partial charge in [-0.15, -0.1) is 0 Å². The Labute approximate surface area is 121 Å². The molecule has 1 amide bonds. The molecule has 0 N–H and O–H groups in total. The SMILES string of the molecule is CC(C)N(C(=O)n1c(-c2cnccn2)noc1=O)C(C)C. The van der Waals surface area contributed by atoms with Crippen molar-refractivity contribution in [2.24, 2.45) is 0 Å². The molecule has 2 aromatic rings. The summed E-state index contributed by atoms with van der Waals surface area (Å²) in [6.07, 6.45) is 4.35. The zero-order valence-corrected chi connectivity index (χ0v) is 12.3. The van der Waals surface area contributed by atoms with Crippen molar-refractivity contribution in [1.82, 2.24) is 24.6 Å². The van der Waals surface area contributed by atoms with E-state index < -0.39 is 11.8 Å². The molecule has 0 aliphatic rings. The Morgan fingerprint density at radius 2 is 1.90 bits per heavy atom. The van der Waals surface area contributed by atoms with Gasteiger partial charge in [-0.2, -0.15) is 4.57 Å². The Bertz CT molecular complexity index is 667. The minimum Gasteiger partial charge on any atom is -0.319 e. The van der Waals surface area contributed by atoms with Gasteiger partial charge in [0.25, 0.3) is 0 Å². The van der Waals surface area contributed by atoms with Crippen molar-refractivity contribution in [3.8, 4) is 11.5 Å². The Balaban J connectivity index is 2.52. The zero-order valence-electron chi connectivity index (χ0n) is 12.3. The number of rotatable bonds is 3. The first-order valence-electron chi connectivity index (χ1n) is 6.61. The lowest BCUT2D eigenvalue weighted by atomic mass is 10.2. The maximum atomic E-state index is 12.6. The molecule has 0 aliphatic carbocycles. The molecule has 0 bridgehead atoms. The van der Waals surface area contributed by atoms with Crippen molar-refractivity contribution in [3.05, 3.63) is 29.1 Å². The number of amides is 1. The molecule has 0 saturated carbocycles. The van der Waals surface area contributed by atoms with Crippen LogP contribution in [0.3, 0.4) is 0 Å². The molecule has 0 unspecified atom stereocenters. The number of hydrogen-bond donors (Lipinski definition) is 0. The Hall–Kier alpha value is -2.51. The van der Waals surface area contributed by atoms with E-state index in [0.29, 0.717) is 5.69 Å². The molecule has 0 aliphatic heterocycles. The van der Waals surface area contributed by atoms with Gasteiger partial charge in [0.05, 0.1) is 6.20 Å². The smallest absolute Gasteiger partial charge is 0.319 e. The van der Waals surface area contributed by atoms with E-state index in [0.717, 1.165) is 4.57 Å². The van der Waals surface area contributed by atoms with Crippen LogP contribution in [0, 0.1) is 0 Å². The van der Waals surface area contributed by atoms with E-state index in [4.69, 9.17) is 0 Å². The predicted molar refractivity (Wildman–Crippen MR) is 74.7 cm³/mol. The van der Waals surface area contributed by atoms with Crippen molar-refractivity contribution in [2.45, 2.75) is 39.8 Å². The average Bonchev–Trinajstić information content (AvgIpc) is 2.80. The number of hydrogen-bond acceptors (Lipinski definition) is 6. The van der Waals surface area contributed by atoms with E-state index in [2.05, 4.69) is 19.6 Å². The molecule has 8 heteroatoms.